The van der Waals surface area contributed by atoms with Gasteiger partial charge in [-0.25, -0.2) is 5.48 Å². The number of nitrogens with one attached hydrogen (secondary N) is 3. The summed E-state index contributed by atoms with van der Waals surface area (Å²) in [5.41, 5.74) is 5.32. The van der Waals surface area contributed by atoms with Crippen LogP contribution in [0.2, 0.25) is 0 Å². The number of ether oxygens (including phenoxy) is 2. The Hall–Kier alpha value is -4.33. The number of carbonyl (C=O) groups is 3. The lowest BCUT2D eigenvalue weighted by Crippen LogP contribution is -2.57. The minimum Gasteiger partial charge on any atom is -0.392 e. The lowest BCUT2D eigenvalue weighted by Gasteiger charge is -2.45. The third-order valence-corrected chi connectivity index (χ3v) is 9.56. The van der Waals surface area contributed by atoms with Crippen LogP contribution in [0.25, 0.3) is 0 Å². The summed E-state index contributed by atoms with van der Waals surface area (Å²) in [7, 11) is 0. The van der Waals surface area contributed by atoms with Crippen molar-refractivity contribution in [3.05, 3.63) is 95.6 Å². The second-order valence-electron chi connectivity index (χ2n) is 12.7. The van der Waals surface area contributed by atoms with Crippen molar-refractivity contribution >= 4 is 29.1 Å². The lowest BCUT2D eigenvalue weighted by atomic mass is 9.85. The van der Waals surface area contributed by atoms with Crippen LogP contribution < -0.4 is 21.0 Å². The van der Waals surface area contributed by atoms with E-state index in [4.69, 9.17) is 14.7 Å². The van der Waals surface area contributed by atoms with Gasteiger partial charge in [0.25, 0.3) is 0 Å². The second-order valence-corrected chi connectivity index (χ2v) is 12.7. The number of benzene rings is 3. The monoisotopic (exact) mass is 657 g/mol. The van der Waals surface area contributed by atoms with Crippen LogP contribution in [0.5, 0.6) is 0 Å². The maximum absolute atomic E-state index is 13.2. The van der Waals surface area contributed by atoms with E-state index in [-0.39, 0.29) is 43.5 Å². The van der Waals surface area contributed by atoms with Crippen LogP contribution >= 0.6 is 0 Å². The van der Waals surface area contributed by atoms with Crippen molar-refractivity contribution < 1.29 is 34.2 Å². The average Bonchev–Trinajstić information content (AvgIpc) is 3.44. The van der Waals surface area contributed by atoms with Crippen LogP contribution in [-0.2, 0) is 30.5 Å². The molecule has 0 radical (unpaired) electrons. The summed E-state index contributed by atoms with van der Waals surface area (Å²) >= 11 is 0. The van der Waals surface area contributed by atoms with E-state index in [0.29, 0.717) is 44.6 Å². The number of amides is 3. The molecule has 0 unspecified atom stereocenters. The van der Waals surface area contributed by atoms with E-state index in [0.717, 1.165) is 35.5 Å². The van der Waals surface area contributed by atoms with Gasteiger partial charge < -0.3 is 35.0 Å². The van der Waals surface area contributed by atoms with Gasteiger partial charge in [-0.1, -0.05) is 54.6 Å². The fraction of sp³-hybridized carbons (Fsp3) is 0.417. The molecule has 48 heavy (non-hydrogen) atoms. The first kappa shape index (κ1) is 33.6. The van der Waals surface area contributed by atoms with Crippen LogP contribution in [-0.4, -0.2) is 70.9 Å². The fourth-order valence-electron chi connectivity index (χ4n) is 6.87. The fourth-order valence-corrected chi connectivity index (χ4v) is 6.87. The van der Waals surface area contributed by atoms with E-state index in [1.807, 2.05) is 54.6 Å². The molecule has 0 bridgehead atoms. The van der Waals surface area contributed by atoms with Crippen molar-refractivity contribution in [2.24, 2.45) is 0 Å². The maximum atomic E-state index is 13.2. The van der Waals surface area contributed by atoms with Crippen LogP contribution in [0, 0.1) is 0 Å². The van der Waals surface area contributed by atoms with Crippen molar-refractivity contribution in [3.63, 3.8) is 0 Å². The minimum absolute atomic E-state index is 0.0305. The van der Waals surface area contributed by atoms with Gasteiger partial charge in [0.05, 0.1) is 25.5 Å². The highest BCUT2D eigenvalue weighted by molar-refractivity contribution is 5.93. The molecule has 3 aromatic carbocycles. The number of nitrogens with zero attached hydrogens (tertiary/aromatic N) is 2. The molecular weight excluding hydrogens is 614 g/mol. The molecule has 5 N–H and O–H groups in total. The normalized spacial score (nSPS) is 22.3. The highest BCUT2D eigenvalue weighted by Gasteiger charge is 2.50. The number of carbonyl (C=O) groups excluding carboxylic acids is 3. The van der Waals surface area contributed by atoms with Crippen LogP contribution in [0.4, 0.5) is 11.4 Å². The summed E-state index contributed by atoms with van der Waals surface area (Å²) in [6.07, 6.45) is 1.59. The predicted octanol–water partition coefficient (Wildman–Crippen LogP) is 3.77. The third-order valence-electron chi connectivity index (χ3n) is 9.56. The summed E-state index contributed by atoms with van der Waals surface area (Å²) in [4.78, 5) is 41.3. The standard InChI is InChI=1S/C36H43N5O7/c42-23-25-9-11-26(12-10-25)31-21-30(22-40-19-17-36(18-20-40)35(45)37-24-41(36)29-5-2-1-3-6-29)47-34(48-31)27-13-15-28(16-14-27)38-32(43)7-4-8-33(44)39-46/h1-3,5-6,9-16,30-31,34,42,46H,4,7-8,17-24H2,(H,37,45)(H,38,43)(H,39,44)/t30-,31+,34+/m1/s1. The Balaban J connectivity index is 1.12. The smallest absolute Gasteiger partial charge is 0.247 e. The molecule has 3 heterocycles. The molecule has 0 aromatic heterocycles. The number of para-hydroxylation sites is 1. The van der Waals surface area contributed by atoms with Crippen molar-refractivity contribution in [1.29, 1.82) is 0 Å². The van der Waals surface area contributed by atoms with Crippen molar-refractivity contribution in [2.75, 3.05) is 36.5 Å². The number of likely N-dealkylation sites (tertiary alicyclic amines) is 1. The summed E-state index contributed by atoms with van der Waals surface area (Å²) in [6, 6.07) is 25.2. The predicted molar refractivity (Wildman–Crippen MR) is 178 cm³/mol. The first-order valence-electron chi connectivity index (χ1n) is 16.5. The van der Waals surface area contributed by atoms with Gasteiger partial charge in [-0.15, -0.1) is 0 Å². The molecule has 0 aliphatic carbocycles. The molecule has 12 nitrogen and oxygen atoms in total. The summed E-state index contributed by atoms with van der Waals surface area (Å²) in [5, 5.41) is 24.1. The Morgan fingerprint density at radius 3 is 2.27 bits per heavy atom. The molecule has 3 aliphatic heterocycles. The zero-order chi connectivity index (χ0) is 33.5. The molecule has 1 spiro atoms. The Bertz CT molecular complexity index is 1550. The molecule has 6 rings (SSSR count). The lowest BCUT2D eigenvalue weighted by molar-refractivity contribution is -0.253. The molecule has 3 aromatic rings. The highest BCUT2D eigenvalue weighted by Crippen LogP contribution is 2.40. The molecule has 3 amide bonds. The quantitative estimate of drug-likeness (QED) is 0.153. The third kappa shape index (κ3) is 7.69. The number of hydrogen-bond acceptors (Lipinski definition) is 9. The van der Waals surface area contributed by atoms with Crippen molar-refractivity contribution in [3.8, 4) is 0 Å². The Morgan fingerprint density at radius 2 is 1.58 bits per heavy atom. The topological polar surface area (TPSA) is 153 Å². The zero-order valence-corrected chi connectivity index (χ0v) is 26.8. The number of hydroxylamine groups is 1. The number of aliphatic hydroxyl groups is 1. The summed E-state index contributed by atoms with van der Waals surface area (Å²) in [5.74, 6) is -0.662. The molecular formula is C36H43N5O7. The molecule has 3 atom stereocenters. The van der Waals surface area contributed by atoms with Gasteiger partial charge in [-0.05, 0) is 54.7 Å². The second kappa shape index (κ2) is 15.3. The van der Waals surface area contributed by atoms with Crippen molar-refractivity contribution in [1.82, 2.24) is 15.7 Å². The van der Waals surface area contributed by atoms with Crippen LogP contribution in [0.3, 0.4) is 0 Å². The van der Waals surface area contributed by atoms with Crippen molar-refractivity contribution in [2.45, 2.75) is 69.2 Å². The maximum Gasteiger partial charge on any atom is 0.247 e. The SMILES string of the molecule is O=C(CCCC(=O)Nc1ccc([C@H]2O[C@@H](CN3CCC4(CC3)C(=O)NCN4c3ccccc3)C[C@@H](c3ccc(CO)cc3)O2)cc1)NO. The van der Waals surface area contributed by atoms with E-state index < -0.39 is 17.7 Å². The first-order chi connectivity index (χ1) is 23.4. The molecule has 12 heteroatoms. The van der Waals surface area contributed by atoms with E-state index in [1.165, 1.54) is 0 Å². The number of hydrogen-bond donors (Lipinski definition) is 5. The van der Waals surface area contributed by atoms with E-state index >= 15 is 0 Å². The molecule has 0 saturated carbocycles. The Kier molecular flexibility index (Phi) is 10.7. The summed E-state index contributed by atoms with van der Waals surface area (Å²) in [6.45, 7) is 2.69. The van der Waals surface area contributed by atoms with Crippen LogP contribution in [0.15, 0.2) is 78.9 Å². The van der Waals surface area contributed by atoms with Gasteiger partial charge in [-0.3, -0.25) is 19.6 Å². The number of anilines is 2. The first-order valence-corrected chi connectivity index (χ1v) is 16.5. The van der Waals surface area contributed by atoms with Gasteiger partial charge in [0.15, 0.2) is 6.29 Å². The molecule has 3 aliphatic rings. The summed E-state index contributed by atoms with van der Waals surface area (Å²) < 4.78 is 13.1. The zero-order valence-electron chi connectivity index (χ0n) is 26.8. The largest absolute Gasteiger partial charge is 0.392 e. The van der Waals surface area contributed by atoms with Crippen LogP contribution in [0.1, 0.15) is 67.6 Å². The number of piperidine rings is 1. The Labute approximate surface area is 280 Å². The van der Waals surface area contributed by atoms with Gasteiger partial charge >= 0.3 is 0 Å². The van der Waals surface area contributed by atoms with Gasteiger partial charge in [-0.2, -0.15) is 0 Å². The highest BCUT2D eigenvalue weighted by atomic mass is 16.7. The minimum atomic E-state index is -0.640. The Morgan fingerprint density at radius 1 is 0.896 bits per heavy atom. The number of aliphatic hydroxyl groups excluding tert-OH is 1. The van der Waals surface area contributed by atoms with Gasteiger partial charge in [0.2, 0.25) is 17.7 Å². The van der Waals surface area contributed by atoms with E-state index in [2.05, 4.69) is 32.6 Å². The molecule has 3 fully saturated rings. The van der Waals surface area contributed by atoms with Gasteiger partial charge in [0.1, 0.15) is 5.54 Å². The molecule has 3 saturated heterocycles. The van der Waals surface area contributed by atoms with Gasteiger partial charge in [0, 0.05) is 55.8 Å². The average molecular weight is 658 g/mol. The van der Waals surface area contributed by atoms with E-state index in [9.17, 15) is 19.5 Å². The van der Waals surface area contributed by atoms with E-state index in [1.54, 1.807) is 17.6 Å². The number of rotatable bonds is 11. The molecule has 254 valence electrons.